The van der Waals surface area contributed by atoms with Crippen molar-refractivity contribution in [2.45, 2.75) is 0 Å². The zero-order chi connectivity index (χ0) is 27.4. The molecule has 2 aromatic carbocycles. The highest BCUT2D eigenvalue weighted by Gasteiger charge is 2.18. The molecular weight excluding hydrogens is 546 g/mol. The fourth-order valence-electron chi connectivity index (χ4n) is 4.15. The lowest BCUT2D eigenvalue weighted by Gasteiger charge is -2.26. The molecule has 38 heavy (non-hydrogen) atoms. The van der Waals surface area contributed by atoms with Crippen LogP contribution < -0.4 is 20.3 Å². The van der Waals surface area contributed by atoms with Gasteiger partial charge in [0, 0.05) is 62.1 Å². The Morgan fingerprint density at radius 3 is 2.61 bits per heavy atom. The lowest BCUT2D eigenvalue weighted by atomic mass is 10.1. The first-order valence-electron chi connectivity index (χ1n) is 12.1. The van der Waals surface area contributed by atoms with Crippen LogP contribution in [0.25, 0.3) is 22.2 Å². The van der Waals surface area contributed by atoms with Gasteiger partial charge >= 0.3 is 0 Å². The van der Waals surface area contributed by atoms with E-state index in [4.69, 9.17) is 9.72 Å². The minimum Gasteiger partial charge on any atom is -0.494 e. The Hall–Kier alpha value is -3.89. The van der Waals surface area contributed by atoms with E-state index < -0.39 is 0 Å². The van der Waals surface area contributed by atoms with Crippen LogP contribution in [0.3, 0.4) is 0 Å². The fraction of sp³-hybridized carbons (Fsp3) is 0.250. The van der Waals surface area contributed by atoms with Crippen LogP contribution in [-0.4, -0.2) is 66.7 Å². The number of halogens is 1. The molecule has 0 bridgehead atoms. The van der Waals surface area contributed by atoms with Gasteiger partial charge in [-0.1, -0.05) is 24.8 Å². The minimum atomic E-state index is -0.336. The summed E-state index contributed by atoms with van der Waals surface area (Å²) in [6.45, 7) is 5.28. The molecule has 2 heterocycles. The Morgan fingerprint density at radius 2 is 1.89 bits per heavy atom. The molecule has 0 saturated carbocycles. The molecule has 0 saturated heterocycles. The smallest absolute Gasteiger partial charge is 0.262 e. The summed E-state index contributed by atoms with van der Waals surface area (Å²) in [5, 5.41) is 7.33. The predicted octanol–water partition coefficient (Wildman–Crippen LogP) is 5.23. The number of anilines is 4. The summed E-state index contributed by atoms with van der Waals surface area (Å²) < 4.78 is 8.04. The lowest BCUT2D eigenvalue weighted by Crippen LogP contribution is -2.29. The first-order valence-corrected chi connectivity index (χ1v) is 12.9. The first-order chi connectivity index (χ1) is 18.2. The molecule has 198 valence electrons. The number of carbonyl (C=O) groups is 1. The van der Waals surface area contributed by atoms with Crippen molar-refractivity contribution in [1.82, 2.24) is 19.4 Å². The number of aromatic nitrogens is 3. The standard InChI is InChI=1S/C28H32BrN7O2/c1-18(29)27(37)31-22-15-23(26(38-6)16-25(22)35(4)14-13-34(2)3)33-28-30-12-11-21(32-28)20-17-36(5)24-10-8-7-9-19(20)24/h7-12,15-17H,1,13-14H2,2-6H3,(H,31,37)(H,30,32,33). The Bertz CT molecular complexity index is 1480. The van der Waals surface area contributed by atoms with Crippen molar-refractivity contribution in [3.63, 3.8) is 0 Å². The number of aryl methyl sites for hydroxylation is 1. The van der Waals surface area contributed by atoms with E-state index >= 15 is 0 Å². The number of amides is 1. The van der Waals surface area contributed by atoms with Crippen LogP contribution in [0, 0.1) is 0 Å². The number of methoxy groups -OCH3 is 1. The van der Waals surface area contributed by atoms with Crippen LogP contribution >= 0.6 is 15.9 Å². The number of carbonyl (C=O) groups excluding carboxylic acids is 1. The van der Waals surface area contributed by atoms with E-state index in [1.807, 2.05) is 58.5 Å². The molecule has 0 aliphatic heterocycles. The Kier molecular flexibility index (Phi) is 8.33. The van der Waals surface area contributed by atoms with Gasteiger partial charge in [-0.2, -0.15) is 0 Å². The van der Waals surface area contributed by atoms with Crippen molar-refractivity contribution < 1.29 is 9.53 Å². The van der Waals surface area contributed by atoms with E-state index in [0.717, 1.165) is 40.9 Å². The zero-order valence-corrected chi connectivity index (χ0v) is 23.8. The average molecular weight is 579 g/mol. The van der Waals surface area contributed by atoms with Crippen molar-refractivity contribution in [2.24, 2.45) is 7.05 Å². The summed E-state index contributed by atoms with van der Waals surface area (Å²) in [5.41, 5.74) is 4.96. The quantitative estimate of drug-likeness (QED) is 0.249. The van der Waals surface area contributed by atoms with Crippen molar-refractivity contribution in [2.75, 3.05) is 56.9 Å². The molecule has 0 fully saturated rings. The van der Waals surface area contributed by atoms with Gasteiger partial charge in [-0.15, -0.1) is 0 Å². The predicted molar refractivity (Wildman–Crippen MR) is 159 cm³/mol. The molecule has 4 aromatic rings. The number of benzene rings is 2. The maximum atomic E-state index is 12.5. The van der Waals surface area contributed by atoms with Gasteiger partial charge in [-0.25, -0.2) is 9.97 Å². The molecule has 4 rings (SSSR count). The maximum absolute atomic E-state index is 12.5. The highest BCUT2D eigenvalue weighted by Crippen LogP contribution is 2.38. The third-order valence-electron chi connectivity index (χ3n) is 6.18. The number of fused-ring (bicyclic) bond motifs is 1. The normalized spacial score (nSPS) is 11.0. The van der Waals surface area contributed by atoms with Gasteiger partial charge < -0.3 is 29.7 Å². The molecule has 0 aliphatic carbocycles. The first kappa shape index (κ1) is 27.2. The van der Waals surface area contributed by atoms with Gasteiger partial charge in [0.05, 0.1) is 34.3 Å². The number of likely N-dealkylation sites (N-methyl/N-ethyl adjacent to an activating group) is 2. The third-order valence-corrected chi connectivity index (χ3v) is 6.54. The Balaban J connectivity index is 1.72. The molecule has 0 atom stereocenters. The number of hydrogen-bond acceptors (Lipinski definition) is 7. The topological polar surface area (TPSA) is 87.5 Å². The van der Waals surface area contributed by atoms with Crippen LogP contribution in [0.15, 0.2) is 65.9 Å². The molecule has 9 nitrogen and oxygen atoms in total. The summed E-state index contributed by atoms with van der Waals surface area (Å²) in [5.74, 6) is 0.661. The second-order valence-electron chi connectivity index (χ2n) is 9.21. The second kappa shape index (κ2) is 11.7. The number of rotatable bonds is 10. The van der Waals surface area contributed by atoms with E-state index in [0.29, 0.717) is 23.1 Å². The number of ether oxygens (including phenoxy) is 1. The Morgan fingerprint density at radius 1 is 1.13 bits per heavy atom. The number of nitrogens with one attached hydrogen (secondary N) is 2. The molecule has 0 aliphatic rings. The molecular formula is C28H32BrN7O2. The largest absolute Gasteiger partial charge is 0.494 e. The van der Waals surface area contributed by atoms with Crippen LogP contribution in [0.4, 0.5) is 23.0 Å². The van der Waals surface area contributed by atoms with E-state index in [-0.39, 0.29) is 10.4 Å². The monoisotopic (exact) mass is 577 g/mol. The maximum Gasteiger partial charge on any atom is 0.262 e. The summed E-state index contributed by atoms with van der Waals surface area (Å²) in [4.78, 5) is 25.9. The highest BCUT2D eigenvalue weighted by molar-refractivity contribution is 9.12. The van der Waals surface area contributed by atoms with E-state index in [9.17, 15) is 4.79 Å². The van der Waals surface area contributed by atoms with Crippen LogP contribution in [-0.2, 0) is 11.8 Å². The van der Waals surface area contributed by atoms with Gasteiger partial charge in [0.2, 0.25) is 5.95 Å². The van der Waals surface area contributed by atoms with Gasteiger partial charge in [0.15, 0.2) is 0 Å². The van der Waals surface area contributed by atoms with Crippen molar-refractivity contribution in [1.29, 1.82) is 0 Å². The van der Waals surface area contributed by atoms with Gasteiger partial charge in [0.1, 0.15) is 5.75 Å². The van der Waals surface area contributed by atoms with Crippen molar-refractivity contribution in [3.8, 4) is 17.0 Å². The fourth-order valence-corrected chi connectivity index (χ4v) is 4.25. The molecule has 0 spiro atoms. The molecule has 0 unspecified atom stereocenters. The van der Waals surface area contributed by atoms with Gasteiger partial charge in [-0.3, -0.25) is 4.79 Å². The second-order valence-corrected chi connectivity index (χ2v) is 10.2. The SMILES string of the molecule is C=C(Br)C(=O)Nc1cc(Nc2nccc(-c3cn(C)c4ccccc34)n2)c(OC)cc1N(C)CCN(C)C. The summed E-state index contributed by atoms with van der Waals surface area (Å²) in [7, 11) is 9.64. The lowest BCUT2D eigenvalue weighted by molar-refractivity contribution is -0.112. The number of nitrogens with zero attached hydrogens (tertiary/aromatic N) is 5. The minimum absolute atomic E-state index is 0.232. The number of hydrogen-bond donors (Lipinski definition) is 2. The third kappa shape index (κ3) is 5.98. The average Bonchev–Trinajstić information content (AvgIpc) is 3.24. The van der Waals surface area contributed by atoms with E-state index in [1.165, 1.54) is 0 Å². The molecule has 0 radical (unpaired) electrons. The molecule has 1 amide bonds. The highest BCUT2D eigenvalue weighted by atomic mass is 79.9. The van der Waals surface area contributed by atoms with Crippen LogP contribution in [0.5, 0.6) is 5.75 Å². The zero-order valence-electron chi connectivity index (χ0n) is 22.2. The molecule has 2 aromatic heterocycles. The summed E-state index contributed by atoms with van der Waals surface area (Å²) in [6, 6.07) is 13.8. The van der Waals surface area contributed by atoms with Gasteiger partial charge in [0.25, 0.3) is 5.91 Å². The van der Waals surface area contributed by atoms with E-state index in [2.05, 4.69) is 70.8 Å². The molecule has 2 N–H and O–H groups in total. The van der Waals surface area contributed by atoms with Crippen molar-refractivity contribution in [3.05, 3.63) is 65.9 Å². The Labute approximate surface area is 231 Å². The summed E-state index contributed by atoms with van der Waals surface area (Å²) in [6.07, 6.45) is 3.79. The van der Waals surface area contributed by atoms with Crippen LogP contribution in [0.2, 0.25) is 0 Å². The number of para-hydroxylation sites is 1. The van der Waals surface area contributed by atoms with E-state index in [1.54, 1.807) is 13.3 Å². The van der Waals surface area contributed by atoms with Crippen molar-refractivity contribution >= 4 is 55.8 Å². The van der Waals surface area contributed by atoms with Gasteiger partial charge in [-0.05, 0) is 48.2 Å². The van der Waals surface area contributed by atoms with Crippen LogP contribution in [0.1, 0.15) is 0 Å². The molecule has 10 heteroatoms. The summed E-state index contributed by atoms with van der Waals surface area (Å²) >= 11 is 3.17.